The molecule has 0 aliphatic heterocycles. The Kier molecular flexibility index (Phi) is 4.55. The second kappa shape index (κ2) is 7.19. The summed E-state index contributed by atoms with van der Waals surface area (Å²) in [6.45, 7) is 3.44. The van der Waals surface area contributed by atoms with E-state index in [1.54, 1.807) is 13.8 Å². The van der Waals surface area contributed by atoms with Crippen molar-refractivity contribution in [1.82, 2.24) is 15.2 Å². The topological polar surface area (TPSA) is 124 Å². The summed E-state index contributed by atoms with van der Waals surface area (Å²) >= 11 is 0. The summed E-state index contributed by atoms with van der Waals surface area (Å²) < 4.78 is 11.1. The number of para-hydroxylation sites is 1. The van der Waals surface area contributed by atoms with Gasteiger partial charge in [-0.2, -0.15) is 0 Å². The third-order valence-electron chi connectivity index (χ3n) is 4.49. The summed E-state index contributed by atoms with van der Waals surface area (Å²) in [5.74, 6) is -0.187. The number of aryl methyl sites for hydroxylation is 1. The number of nitro groups is 1. The van der Waals surface area contributed by atoms with Gasteiger partial charge < -0.3 is 14.1 Å². The second-order valence-corrected chi connectivity index (χ2v) is 6.47. The lowest BCUT2D eigenvalue weighted by Gasteiger charge is -2.09. The van der Waals surface area contributed by atoms with Crippen LogP contribution < -0.4 is 0 Å². The van der Waals surface area contributed by atoms with Crippen LogP contribution in [0.2, 0.25) is 0 Å². The minimum Gasteiger partial charge on any atom is -0.449 e. The lowest BCUT2D eigenvalue weighted by atomic mass is 10.1. The molecule has 4 rings (SSSR count). The molecule has 0 fully saturated rings. The van der Waals surface area contributed by atoms with E-state index in [9.17, 15) is 14.9 Å². The zero-order chi connectivity index (χ0) is 20.5. The van der Waals surface area contributed by atoms with Crippen LogP contribution in [-0.2, 0) is 4.74 Å². The number of non-ortho nitro benzene ring substituents is 1. The van der Waals surface area contributed by atoms with Gasteiger partial charge in [0.2, 0.25) is 5.89 Å². The first-order valence-electron chi connectivity index (χ1n) is 8.80. The molecule has 146 valence electrons. The molecule has 0 saturated heterocycles. The average molecular weight is 392 g/mol. The van der Waals surface area contributed by atoms with E-state index in [4.69, 9.17) is 9.15 Å². The standard InChI is InChI=1S/C20H16N4O5/c1-11-17(15-5-3-4-6-16(15)21-11)20(25)28-12(2)18-22-23-19(29-18)13-7-9-14(10-8-13)24(26)27/h3-10,12,21H,1-2H3. The van der Waals surface area contributed by atoms with Crippen molar-refractivity contribution in [2.75, 3.05) is 0 Å². The van der Waals surface area contributed by atoms with Gasteiger partial charge in [0.1, 0.15) is 0 Å². The number of nitrogens with zero attached hydrogens (tertiary/aromatic N) is 3. The molecule has 2 aromatic carbocycles. The van der Waals surface area contributed by atoms with Crippen LogP contribution in [0.3, 0.4) is 0 Å². The molecule has 2 aromatic heterocycles. The van der Waals surface area contributed by atoms with Crippen LogP contribution in [-0.4, -0.2) is 26.1 Å². The van der Waals surface area contributed by atoms with Crippen LogP contribution in [0.4, 0.5) is 5.69 Å². The number of hydrogen-bond donors (Lipinski definition) is 1. The Hall–Kier alpha value is -4.01. The first kappa shape index (κ1) is 18.4. The van der Waals surface area contributed by atoms with E-state index in [2.05, 4.69) is 15.2 Å². The van der Waals surface area contributed by atoms with Gasteiger partial charge in [-0.15, -0.1) is 10.2 Å². The number of benzene rings is 2. The summed E-state index contributed by atoms with van der Waals surface area (Å²) in [6, 6.07) is 13.2. The fraction of sp³-hybridized carbons (Fsp3) is 0.150. The van der Waals surface area contributed by atoms with Crippen molar-refractivity contribution < 1.29 is 18.9 Å². The fourth-order valence-electron chi connectivity index (χ4n) is 3.05. The number of carbonyl (C=O) groups is 1. The number of nitrogens with one attached hydrogen (secondary N) is 1. The predicted octanol–water partition coefficient (Wildman–Crippen LogP) is 4.35. The molecule has 0 aliphatic rings. The molecule has 0 spiro atoms. The summed E-state index contributed by atoms with van der Waals surface area (Å²) in [6.07, 6.45) is -0.769. The Morgan fingerprint density at radius 1 is 1.17 bits per heavy atom. The van der Waals surface area contributed by atoms with Gasteiger partial charge in [-0.25, -0.2) is 4.79 Å². The molecule has 0 saturated carbocycles. The minimum atomic E-state index is -0.769. The molecule has 0 bridgehead atoms. The monoisotopic (exact) mass is 392 g/mol. The molecule has 0 radical (unpaired) electrons. The van der Waals surface area contributed by atoms with Gasteiger partial charge in [0, 0.05) is 34.3 Å². The van der Waals surface area contributed by atoms with Crippen molar-refractivity contribution in [3.05, 3.63) is 75.8 Å². The number of H-pyrrole nitrogens is 1. The van der Waals surface area contributed by atoms with E-state index in [-0.39, 0.29) is 17.5 Å². The van der Waals surface area contributed by atoms with Crippen molar-refractivity contribution in [2.45, 2.75) is 20.0 Å². The Labute approximate surface area is 164 Å². The molecule has 1 N–H and O–H groups in total. The van der Waals surface area contributed by atoms with E-state index in [0.29, 0.717) is 16.8 Å². The molecule has 9 nitrogen and oxygen atoms in total. The fourth-order valence-corrected chi connectivity index (χ4v) is 3.05. The highest BCUT2D eigenvalue weighted by Crippen LogP contribution is 2.27. The van der Waals surface area contributed by atoms with Gasteiger partial charge in [-0.05, 0) is 32.0 Å². The number of fused-ring (bicyclic) bond motifs is 1. The van der Waals surface area contributed by atoms with Gasteiger partial charge in [0.15, 0.2) is 6.10 Å². The van der Waals surface area contributed by atoms with Crippen LogP contribution in [0.1, 0.15) is 35.0 Å². The molecule has 9 heteroatoms. The number of aromatic nitrogens is 3. The first-order valence-corrected chi connectivity index (χ1v) is 8.80. The number of aromatic amines is 1. The average Bonchev–Trinajstić information content (AvgIpc) is 3.32. The number of esters is 1. The highest BCUT2D eigenvalue weighted by molar-refractivity contribution is 6.05. The molecule has 4 aromatic rings. The molecule has 1 atom stereocenters. The van der Waals surface area contributed by atoms with E-state index in [1.165, 1.54) is 24.3 Å². The van der Waals surface area contributed by atoms with Crippen molar-refractivity contribution in [3.63, 3.8) is 0 Å². The second-order valence-electron chi connectivity index (χ2n) is 6.47. The van der Waals surface area contributed by atoms with Crippen molar-refractivity contribution in [1.29, 1.82) is 0 Å². The zero-order valence-corrected chi connectivity index (χ0v) is 15.6. The maximum Gasteiger partial charge on any atom is 0.341 e. The Balaban J connectivity index is 1.53. The van der Waals surface area contributed by atoms with Crippen LogP contribution in [0.25, 0.3) is 22.4 Å². The summed E-state index contributed by atoms with van der Waals surface area (Å²) in [7, 11) is 0. The third-order valence-corrected chi connectivity index (χ3v) is 4.49. The summed E-state index contributed by atoms with van der Waals surface area (Å²) in [5, 5.41) is 19.4. The van der Waals surface area contributed by atoms with Crippen LogP contribution in [0.15, 0.2) is 52.9 Å². The lowest BCUT2D eigenvalue weighted by Crippen LogP contribution is -2.10. The summed E-state index contributed by atoms with van der Waals surface area (Å²) in [5.41, 5.74) is 2.51. The molecular formula is C20H16N4O5. The minimum absolute atomic E-state index is 0.0371. The number of ether oxygens (including phenoxy) is 1. The number of rotatable bonds is 5. The molecule has 0 amide bonds. The van der Waals surface area contributed by atoms with Gasteiger partial charge in [-0.3, -0.25) is 10.1 Å². The lowest BCUT2D eigenvalue weighted by molar-refractivity contribution is -0.384. The maximum absolute atomic E-state index is 12.7. The van der Waals surface area contributed by atoms with E-state index in [1.807, 2.05) is 24.3 Å². The van der Waals surface area contributed by atoms with Crippen molar-refractivity contribution in [3.8, 4) is 11.5 Å². The van der Waals surface area contributed by atoms with E-state index >= 15 is 0 Å². The third kappa shape index (κ3) is 3.45. The van der Waals surface area contributed by atoms with E-state index < -0.39 is 17.0 Å². The molecular weight excluding hydrogens is 376 g/mol. The maximum atomic E-state index is 12.7. The van der Waals surface area contributed by atoms with Gasteiger partial charge in [-0.1, -0.05) is 18.2 Å². The largest absolute Gasteiger partial charge is 0.449 e. The number of carbonyl (C=O) groups excluding carboxylic acids is 1. The van der Waals surface area contributed by atoms with Gasteiger partial charge in [0.05, 0.1) is 10.5 Å². The Morgan fingerprint density at radius 2 is 1.90 bits per heavy atom. The van der Waals surface area contributed by atoms with Crippen LogP contribution in [0.5, 0.6) is 0 Å². The van der Waals surface area contributed by atoms with E-state index in [0.717, 1.165) is 10.9 Å². The predicted molar refractivity (Wildman–Crippen MR) is 103 cm³/mol. The van der Waals surface area contributed by atoms with Crippen molar-refractivity contribution >= 4 is 22.6 Å². The Morgan fingerprint density at radius 3 is 2.62 bits per heavy atom. The smallest absolute Gasteiger partial charge is 0.341 e. The first-order chi connectivity index (χ1) is 13.9. The van der Waals surface area contributed by atoms with Crippen LogP contribution in [0, 0.1) is 17.0 Å². The normalized spacial score (nSPS) is 12.1. The quantitative estimate of drug-likeness (QED) is 0.304. The molecule has 1 unspecified atom stereocenters. The van der Waals surface area contributed by atoms with Crippen molar-refractivity contribution in [2.24, 2.45) is 0 Å². The summed E-state index contributed by atoms with van der Waals surface area (Å²) in [4.78, 5) is 26.1. The zero-order valence-electron chi connectivity index (χ0n) is 15.6. The molecule has 2 heterocycles. The Bertz CT molecular complexity index is 1210. The molecule has 29 heavy (non-hydrogen) atoms. The highest BCUT2D eigenvalue weighted by atomic mass is 16.6. The number of hydrogen-bond acceptors (Lipinski definition) is 7. The van der Waals surface area contributed by atoms with Gasteiger partial charge in [0.25, 0.3) is 11.6 Å². The van der Waals surface area contributed by atoms with Crippen LogP contribution >= 0.6 is 0 Å². The SMILES string of the molecule is Cc1[nH]c2ccccc2c1C(=O)OC(C)c1nnc(-c2ccc([N+](=O)[O-])cc2)o1. The van der Waals surface area contributed by atoms with Gasteiger partial charge >= 0.3 is 5.97 Å². The highest BCUT2D eigenvalue weighted by Gasteiger charge is 2.23. The number of nitro benzene ring substituents is 1. The molecule has 0 aliphatic carbocycles.